The number of hydrogen-bond acceptors (Lipinski definition) is 1. The lowest BCUT2D eigenvalue weighted by atomic mass is 10.3. The van der Waals surface area contributed by atoms with E-state index in [0.717, 1.165) is 0 Å². The van der Waals surface area contributed by atoms with Gasteiger partial charge < -0.3 is 5.73 Å². The third-order valence-electron chi connectivity index (χ3n) is 0.887. The molecular formula is C6H4FIN. The fourth-order valence-electron chi connectivity index (χ4n) is 0.456. The predicted octanol–water partition coefficient (Wildman–Crippen LogP) is 1.81. The molecule has 9 heavy (non-hydrogen) atoms. The highest BCUT2D eigenvalue weighted by molar-refractivity contribution is 14.1. The van der Waals surface area contributed by atoms with E-state index < -0.39 is 0 Å². The van der Waals surface area contributed by atoms with Crippen LogP contribution in [0.3, 0.4) is 0 Å². The summed E-state index contributed by atoms with van der Waals surface area (Å²) in [4.78, 5) is 0. The molecule has 2 N–H and O–H groups in total. The minimum absolute atomic E-state index is 0.298. The van der Waals surface area contributed by atoms with Crippen LogP contribution in [0.4, 0.5) is 10.1 Å². The van der Waals surface area contributed by atoms with Gasteiger partial charge in [-0.2, -0.15) is 0 Å². The van der Waals surface area contributed by atoms with Gasteiger partial charge in [0.2, 0.25) is 0 Å². The molecule has 1 aromatic rings. The highest BCUT2D eigenvalue weighted by Crippen LogP contribution is 2.13. The van der Waals surface area contributed by atoms with Crippen molar-refractivity contribution in [1.82, 2.24) is 0 Å². The Morgan fingerprint density at radius 2 is 2.33 bits per heavy atom. The SMILES string of the molecule is Nc1[c]cc(F)cc1I. The largest absolute Gasteiger partial charge is 0.397 e. The number of hydrogen-bond donors (Lipinski definition) is 1. The first-order valence-corrected chi connectivity index (χ1v) is 3.40. The lowest BCUT2D eigenvalue weighted by Gasteiger charge is -1.93. The molecule has 0 aliphatic heterocycles. The van der Waals surface area contributed by atoms with Crippen molar-refractivity contribution < 1.29 is 4.39 Å². The molecule has 1 nitrogen and oxygen atoms in total. The van der Waals surface area contributed by atoms with E-state index in [1.165, 1.54) is 12.1 Å². The highest BCUT2D eigenvalue weighted by atomic mass is 127. The quantitative estimate of drug-likeness (QED) is 0.539. The molecule has 0 spiro atoms. The second-order valence-electron chi connectivity index (χ2n) is 1.58. The summed E-state index contributed by atoms with van der Waals surface area (Å²) in [6.45, 7) is 0. The molecule has 47 valence electrons. The van der Waals surface area contributed by atoms with Crippen LogP contribution in [-0.4, -0.2) is 0 Å². The van der Waals surface area contributed by atoms with Gasteiger partial charge in [-0.1, -0.05) is 0 Å². The normalized spacial score (nSPS) is 9.56. The summed E-state index contributed by atoms with van der Waals surface area (Å²) < 4.78 is 13.0. The highest BCUT2D eigenvalue weighted by Gasteiger charge is 1.94. The number of benzene rings is 1. The van der Waals surface area contributed by atoms with Gasteiger partial charge >= 0.3 is 0 Å². The van der Waals surface area contributed by atoms with Crippen LogP contribution in [-0.2, 0) is 0 Å². The van der Waals surface area contributed by atoms with Crippen LogP contribution >= 0.6 is 22.6 Å². The monoisotopic (exact) mass is 236 g/mol. The summed E-state index contributed by atoms with van der Waals surface area (Å²) in [6, 6.07) is 5.15. The second kappa shape index (κ2) is 2.51. The van der Waals surface area contributed by atoms with Crippen molar-refractivity contribution in [3.63, 3.8) is 0 Å². The minimum atomic E-state index is -0.298. The summed E-state index contributed by atoms with van der Waals surface area (Å²) in [5.74, 6) is -0.298. The van der Waals surface area contributed by atoms with E-state index in [1.54, 1.807) is 0 Å². The van der Waals surface area contributed by atoms with Gasteiger partial charge in [0.05, 0.1) is 5.69 Å². The molecule has 1 radical (unpaired) electrons. The standard InChI is InChI=1S/C6H4FIN/c7-4-1-2-6(9)5(8)3-4/h1,3H,9H2. The van der Waals surface area contributed by atoms with Crippen molar-refractivity contribution in [2.24, 2.45) is 0 Å². The molecule has 0 saturated carbocycles. The predicted molar refractivity (Wildman–Crippen MR) is 42.4 cm³/mol. The minimum Gasteiger partial charge on any atom is -0.397 e. The van der Waals surface area contributed by atoms with Gasteiger partial charge in [0.15, 0.2) is 0 Å². The van der Waals surface area contributed by atoms with Crippen molar-refractivity contribution in [2.45, 2.75) is 0 Å². The Balaban J connectivity index is 3.17. The fraction of sp³-hybridized carbons (Fsp3) is 0. The van der Waals surface area contributed by atoms with E-state index in [2.05, 4.69) is 6.07 Å². The number of nitrogen functional groups attached to an aromatic ring is 1. The van der Waals surface area contributed by atoms with E-state index in [9.17, 15) is 4.39 Å². The van der Waals surface area contributed by atoms with Crippen molar-refractivity contribution in [3.8, 4) is 0 Å². The number of anilines is 1. The molecule has 0 aromatic heterocycles. The first-order valence-electron chi connectivity index (χ1n) is 2.32. The Bertz CT molecular complexity index is 224. The summed E-state index contributed by atoms with van der Waals surface area (Å²) in [7, 11) is 0. The zero-order chi connectivity index (χ0) is 6.85. The van der Waals surface area contributed by atoms with Gasteiger partial charge in [0.1, 0.15) is 5.82 Å². The summed E-state index contributed by atoms with van der Waals surface area (Å²) in [5, 5.41) is 0. The number of nitrogens with two attached hydrogens (primary N) is 1. The molecule has 0 aliphatic rings. The van der Waals surface area contributed by atoms with Gasteiger partial charge in [0.25, 0.3) is 0 Å². The molecule has 1 aromatic carbocycles. The van der Waals surface area contributed by atoms with Crippen molar-refractivity contribution in [2.75, 3.05) is 5.73 Å². The van der Waals surface area contributed by atoms with Gasteiger partial charge in [-0.3, -0.25) is 0 Å². The molecule has 0 amide bonds. The van der Waals surface area contributed by atoms with E-state index in [-0.39, 0.29) is 5.82 Å². The number of halogens is 2. The average Bonchev–Trinajstić information content (AvgIpc) is 1.80. The van der Waals surface area contributed by atoms with E-state index in [4.69, 9.17) is 5.73 Å². The third-order valence-corrected chi connectivity index (χ3v) is 1.78. The van der Waals surface area contributed by atoms with Gasteiger partial charge in [-0.05, 0) is 34.7 Å². The fourth-order valence-corrected chi connectivity index (χ4v) is 0.909. The third kappa shape index (κ3) is 1.54. The molecule has 1 rings (SSSR count). The topological polar surface area (TPSA) is 26.0 Å². The van der Waals surface area contributed by atoms with Crippen LogP contribution in [0.15, 0.2) is 12.1 Å². The van der Waals surface area contributed by atoms with Gasteiger partial charge in [-0.25, -0.2) is 4.39 Å². The van der Waals surface area contributed by atoms with Gasteiger partial charge in [0, 0.05) is 9.64 Å². The Morgan fingerprint density at radius 3 is 2.78 bits per heavy atom. The maximum atomic E-state index is 12.3. The van der Waals surface area contributed by atoms with Crippen molar-refractivity contribution in [3.05, 3.63) is 27.6 Å². The number of rotatable bonds is 0. The van der Waals surface area contributed by atoms with E-state index in [1.807, 2.05) is 22.6 Å². The van der Waals surface area contributed by atoms with Crippen LogP contribution in [0.5, 0.6) is 0 Å². The summed E-state index contributed by atoms with van der Waals surface area (Å²) in [6.07, 6.45) is 0. The Kier molecular flexibility index (Phi) is 1.90. The zero-order valence-electron chi connectivity index (χ0n) is 4.49. The van der Waals surface area contributed by atoms with Crippen LogP contribution < -0.4 is 5.73 Å². The first-order chi connectivity index (χ1) is 4.20. The van der Waals surface area contributed by atoms with E-state index >= 15 is 0 Å². The van der Waals surface area contributed by atoms with Crippen molar-refractivity contribution in [1.29, 1.82) is 0 Å². The molecule has 0 saturated heterocycles. The zero-order valence-corrected chi connectivity index (χ0v) is 6.65. The Labute approximate surface area is 66.2 Å². The maximum absolute atomic E-state index is 12.3. The van der Waals surface area contributed by atoms with Gasteiger partial charge in [-0.15, -0.1) is 0 Å². The molecule has 0 aliphatic carbocycles. The summed E-state index contributed by atoms with van der Waals surface area (Å²) >= 11 is 1.95. The average molecular weight is 236 g/mol. The maximum Gasteiger partial charge on any atom is 0.125 e. The Morgan fingerprint density at radius 1 is 1.67 bits per heavy atom. The van der Waals surface area contributed by atoms with Crippen LogP contribution in [0.2, 0.25) is 0 Å². The lowest BCUT2D eigenvalue weighted by Crippen LogP contribution is -1.89. The van der Waals surface area contributed by atoms with Crippen molar-refractivity contribution >= 4 is 28.3 Å². The molecule has 0 heterocycles. The van der Waals surface area contributed by atoms with Crippen LogP contribution in [0.25, 0.3) is 0 Å². The van der Waals surface area contributed by atoms with E-state index in [0.29, 0.717) is 9.26 Å². The molecular weight excluding hydrogens is 232 g/mol. The second-order valence-corrected chi connectivity index (χ2v) is 2.74. The lowest BCUT2D eigenvalue weighted by molar-refractivity contribution is 0.627. The summed E-state index contributed by atoms with van der Waals surface area (Å²) in [5.41, 5.74) is 5.86. The smallest absolute Gasteiger partial charge is 0.125 e. The first kappa shape index (κ1) is 6.80. The van der Waals surface area contributed by atoms with Crippen LogP contribution in [0, 0.1) is 15.5 Å². The molecule has 0 unspecified atom stereocenters. The molecule has 0 bridgehead atoms. The molecule has 0 fully saturated rings. The Hall–Kier alpha value is -0.320. The molecule has 0 atom stereocenters. The van der Waals surface area contributed by atoms with Crippen LogP contribution in [0.1, 0.15) is 0 Å². The molecule has 3 heteroatoms.